The van der Waals surface area contributed by atoms with E-state index in [1.807, 2.05) is 12.1 Å². The Balaban J connectivity index is 1.85. The predicted molar refractivity (Wildman–Crippen MR) is 81.3 cm³/mol. The van der Waals surface area contributed by atoms with Crippen LogP contribution >= 0.6 is 0 Å². The van der Waals surface area contributed by atoms with E-state index in [9.17, 15) is 0 Å². The lowest BCUT2D eigenvalue weighted by atomic mass is 10.0. The van der Waals surface area contributed by atoms with Crippen LogP contribution in [0.5, 0.6) is 5.75 Å². The van der Waals surface area contributed by atoms with Crippen molar-refractivity contribution in [2.45, 2.75) is 19.4 Å². The van der Waals surface area contributed by atoms with E-state index in [1.54, 1.807) is 7.11 Å². The summed E-state index contributed by atoms with van der Waals surface area (Å²) in [5.74, 6) is 0.971. The molecule has 0 aromatic heterocycles. The Kier molecular flexibility index (Phi) is 6.30. The molecule has 1 aromatic carbocycles. The minimum atomic E-state index is 0.354. The van der Waals surface area contributed by atoms with Crippen LogP contribution in [0.4, 0.5) is 0 Å². The minimum absolute atomic E-state index is 0.354. The van der Waals surface area contributed by atoms with E-state index in [-0.39, 0.29) is 0 Å². The van der Waals surface area contributed by atoms with E-state index in [2.05, 4.69) is 29.3 Å². The normalized spacial score (nSPS) is 17.9. The molecule has 1 aliphatic heterocycles. The zero-order chi connectivity index (χ0) is 14.2. The lowest BCUT2D eigenvalue weighted by Gasteiger charge is -2.28. The molecule has 4 nitrogen and oxygen atoms in total. The van der Waals surface area contributed by atoms with Crippen LogP contribution < -0.4 is 10.1 Å². The number of hydrogen-bond acceptors (Lipinski definition) is 4. The fraction of sp³-hybridized carbons (Fsp3) is 0.625. The first-order valence-corrected chi connectivity index (χ1v) is 7.51. The summed E-state index contributed by atoms with van der Waals surface area (Å²) in [6.07, 6.45) is 1.06. The van der Waals surface area contributed by atoms with Gasteiger partial charge in [0.1, 0.15) is 5.75 Å². The van der Waals surface area contributed by atoms with Gasteiger partial charge in [-0.1, -0.05) is 25.1 Å². The lowest BCUT2D eigenvalue weighted by Crippen LogP contribution is -2.40. The smallest absolute Gasteiger partial charge is 0.123 e. The molecule has 1 saturated heterocycles. The third-order valence-corrected chi connectivity index (χ3v) is 3.85. The molecule has 1 atom stereocenters. The van der Waals surface area contributed by atoms with Gasteiger partial charge in [0.2, 0.25) is 0 Å². The van der Waals surface area contributed by atoms with E-state index in [0.717, 1.165) is 51.6 Å². The van der Waals surface area contributed by atoms with E-state index in [4.69, 9.17) is 9.47 Å². The molecule has 1 aliphatic rings. The highest BCUT2D eigenvalue weighted by Gasteiger charge is 2.14. The number of morpholine rings is 1. The van der Waals surface area contributed by atoms with Gasteiger partial charge in [-0.05, 0) is 12.5 Å². The maximum atomic E-state index is 5.46. The van der Waals surface area contributed by atoms with Crippen LogP contribution in [-0.2, 0) is 4.74 Å². The molecule has 1 unspecified atom stereocenters. The molecular formula is C16H26N2O2. The SMILES string of the molecule is CCC(NCCN1CCOCC1)c1ccccc1OC. The molecule has 1 fully saturated rings. The quantitative estimate of drug-likeness (QED) is 0.828. The van der Waals surface area contributed by atoms with Crippen molar-refractivity contribution in [2.75, 3.05) is 46.5 Å². The summed E-state index contributed by atoms with van der Waals surface area (Å²) in [5.41, 5.74) is 1.25. The van der Waals surface area contributed by atoms with Crippen molar-refractivity contribution in [2.24, 2.45) is 0 Å². The van der Waals surface area contributed by atoms with Crippen molar-refractivity contribution < 1.29 is 9.47 Å². The molecule has 4 heteroatoms. The van der Waals surface area contributed by atoms with E-state index < -0.39 is 0 Å². The highest BCUT2D eigenvalue weighted by atomic mass is 16.5. The summed E-state index contributed by atoms with van der Waals surface area (Å²) in [4.78, 5) is 2.45. The highest BCUT2D eigenvalue weighted by molar-refractivity contribution is 5.35. The first kappa shape index (κ1) is 15.3. The lowest BCUT2D eigenvalue weighted by molar-refractivity contribution is 0.0381. The molecule has 0 radical (unpaired) electrons. The van der Waals surface area contributed by atoms with Crippen molar-refractivity contribution in [1.82, 2.24) is 10.2 Å². The van der Waals surface area contributed by atoms with Crippen LogP contribution in [0.25, 0.3) is 0 Å². The van der Waals surface area contributed by atoms with Gasteiger partial charge >= 0.3 is 0 Å². The maximum Gasteiger partial charge on any atom is 0.123 e. The summed E-state index contributed by atoms with van der Waals surface area (Å²) >= 11 is 0. The monoisotopic (exact) mass is 278 g/mol. The molecule has 0 spiro atoms. The van der Waals surface area contributed by atoms with E-state index in [0.29, 0.717) is 6.04 Å². The number of hydrogen-bond donors (Lipinski definition) is 1. The van der Waals surface area contributed by atoms with Gasteiger partial charge in [-0.2, -0.15) is 0 Å². The van der Waals surface area contributed by atoms with Crippen LogP contribution in [0.15, 0.2) is 24.3 Å². The molecule has 0 amide bonds. The van der Waals surface area contributed by atoms with Crippen LogP contribution in [0.2, 0.25) is 0 Å². The standard InChI is InChI=1S/C16H26N2O2/c1-3-15(14-6-4-5-7-16(14)19-2)17-8-9-18-10-12-20-13-11-18/h4-7,15,17H,3,8-13H2,1-2H3. The molecule has 1 N–H and O–H groups in total. The Labute approximate surface area is 122 Å². The summed E-state index contributed by atoms with van der Waals surface area (Å²) in [5, 5.41) is 3.65. The second kappa shape index (κ2) is 8.25. The molecule has 0 aliphatic carbocycles. The van der Waals surface area contributed by atoms with Gasteiger partial charge in [0.25, 0.3) is 0 Å². The van der Waals surface area contributed by atoms with Gasteiger partial charge < -0.3 is 14.8 Å². The summed E-state index contributed by atoms with van der Waals surface area (Å²) in [7, 11) is 1.74. The second-order valence-corrected chi connectivity index (χ2v) is 5.11. The third kappa shape index (κ3) is 4.20. The number of nitrogens with one attached hydrogen (secondary N) is 1. The Morgan fingerprint density at radius 2 is 2.05 bits per heavy atom. The Morgan fingerprint density at radius 3 is 2.75 bits per heavy atom. The van der Waals surface area contributed by atoms with Crippen LogP contribution in [-0.4, -0.2) is 51.4 Å². The Bertz CT molecular complexity index is 392. The maximum absolute atomic E-state index is 5.46. The third-order valence-electron chi connectivity index (χ3n) is 3.85. The average molecular weight is 278 g/mol. The molecule has 2 rings (SSSR count). The van der Waals surface area contributed by atoms with Crippen molar-refractivity contribution in [1.29, 1.82) is 0 Å². The Hall–Kier alpha value is -1.10. The van der Waals surface area contributed by atoms with Gasteiger partial charge in [-0.15, -0.1) is 0 Å². The largest absolute Gasteiger partial charge is 0.496 e. The molecule has 0 saturated carbocycles. The number of nitrogens with zero attached hydrogens (tertiary/aromatic N) is 1. The van der Waals surface area contributed by atoms with Crippen LogP contribution in [0, 0.1) is 0 Å². The fourth-order valence-corrected chi connectivity index (χ4v) is 2.65. The summed E-state index contributed by atoms with van der Waals surface area (Å²) in [6, 6.07) is 8.62. The number of rotatable bonds is 7. The Morgan fingerprint density at radius 1 is 1.30 bits per heavy atom. The first-order chi connectivity index (χ1) is 9.85. The fourth-order valence-electron chi connectivity index (χ4n) is 2.65. The molecular weight excluding hydrogens is 252 g/mol. The molecule has 20 heavy (non-hydrogen) atoms. The van der Waals surface area contributed by atoms with Gasteiger partial charge in [0.15, 0.2) is 0 Å². The van der Waals surface area contributed by atoms with Crippen LogP contribution in [0.1, 0.15) is 24.9 Å². The van der Waals surface area contributed by atoms with Crippen molar-refractivity contribution in [3.05, 3.63) is 29.8 Å². The predicted octanol–water partition coefficient (Wildman–Crippen LogP) is 2.07. The topological polar surface area (TPSA) is 33.7 Å². The minimum Gasteiger partial charge on any atom is -0.496 e. The first-order valence-electron chi connectivity index (χ1n) is 7.51. The zero-order valence-electron chi connectivity index (χ0n) is 12.6. The van der Waals surface area contributed by atoms with Gasteiger partial charge in [0, 0.05) is 37.8 Å². The summed E-state index contributed by atoms with van der Waals surface area (Å²) in [6.45, 7) is 8.11. The van der Waals surface area contributed by atoms with Crippen molar-refractivity contribution in [3.63, 3.8) is 0 Å². The number of methoxy groups -OCH3 is 1. The molecule has 1 aromatic rings. The van der Waals surface area contributed by atoms with Crippen LogP contribution in [0.3, 0.4) is 0 Å². The number of ether oxygens (including phenoxy) is 2. The molecule has 112 valence electrons. The molecule has 0 bridgehead atoms. The molecule has 1 heterocycles. The zero-order valence-corrected chi connectivity index (χ0v) is 12.6. The van der Waals surface area contributed by atoms with E-state index >= 15 is 0 Å². The van der Waals surface area contributed by atoms with Crippen molar-refractivity contribution in [3.8, 4) is 5.75 Å². The highest BCUT2D eigenvalue weighted by Crippen LogP contribution is 2.26. The number of benzene rings is 1. The van der Waals surface area contributed by atoms with Gasteiger partial charge in [-0.3, -0.25) is 4.90 Å². The average Bonchev–Trinajstić information content (AvgIpc) is 2.53. The van der Waals surface area contributed by atoms with Gasteiger partial charge in [0.05, 0.1) is 20.3 Å². The van der Waals surface area contributed by atoms with Gasteiger partial charge in [-0.25, -0.2) is 0 Å². The number of para-hydroxylation sites is 1. The van der Waals surface area contributed by atoms with E-state index in [1.165, 1.54) is 5.56 Å². The second-order valence-electron chi connectivity index (χ2n) is 5.11. The summed E-state index contributed by atoms with van der Waals surface area (Å²) < 4.78 is 10.8. The van der Waals surface area contributed by atoms with Crippen molar-refractivity contribution >= 4 is 0 Å².